The molecule has 5 heteroatoms. The molecule has 21 heavy (non-hydrogen) atoms. The SMILES string of the molecule is COc1ccc(/C=C/C(=O)NC2CCn3cncc32)cc1. The number of nitrogens with one attached hydrogen (secondary N) is 1. The Morgan fingerprint density at radius 1 is 1.43 bits per heavy atom. The normalized spacial score (nSPS) is 16.9. The lowest BCUT2D eigenvalue weighted by molar-refractivity contribution is -0.117. The monoisotopic (exact) mass is 283 g/mol. The van der Waals surface area contributed by atoms with Crippen molar-refractivity contribution in [3.63, 3.8) is 0 Å². The summed E-state index contributed by atoms with van der Waals surface area (Å²) in [5.74, 6) is 0.710. The van der Waals surface area contributed by atoms with Crippen LogP contribution in [0.3, 0.4) is 0 Å². The van der Waals surface area contributed by atoms with E-state index in [0.29, 0.717) is 0 Å². The Morgan fingerprint density at radius 2 is 2.24 bits per heavy atom. The van der Waals surface area contributed by atoms with Gasteiger partial charge in [-0.05, 0) is 30.2 Å². The Morgan fingerprint density at radius 3 is 3.00 bits per heavy atom. The molecule has 1 aliphatic heterocycles. The molecule has 108 valence electrons. The number of amides is 1. The Bertz CT molecular complexity index is 658. The van der Waals surface area contributed by atoms with E-state index in [1.54, 1.807) is 25.6 Å². The molecule has 3 rings (SSSR count). The van der Waals surface area contributed by atoms with Crippen molar-refractivity contribution in [3.8, 4) is 5.75 Å². The smallest absolute Gasteiger partial charge is 0.244 e. The fourth-order valence-electron chi connectivity index (χ4n) is 2.48. The number of carbonyl (C=O) groups excluding carboxylic acids is 1. The van der Waals surface area contributed by atoms with E-state index in [9.17, 15) is 4.79 Å². The van der Waals surface area contributed by atoms with Gasteiger partial charge < -0.3 is 14.6 Å². The largest absolute Gasteiger partial charge is 0.497 e. The van der Waals surface area contributed by atoms with E-state index in [1.807, 2.05) is 30.5 Å². The van der Waals surface area contributed by atoms with Crippen molar-refractivity contribution in [2.24, 2.45) is 0 Å². The molecule has 0 fully saturated rings. The van der Waals surface area contributed by atoms with Crippen LogP contribution < -0.4 is 10.1 Å². The molecule has 5 nitrogen and oxygen atoms in total. The summed E-state index contributed by atoms with van der Waals surface area (Å²) in [6.07, 6.45) is 7.88. The van der Waals surface area contributed by atoms with Crippen LogP contribution in [0.1, 0.15) is 23.7 Å². The molecule has 0 spiro atoms. The predicted molar refractivity (Wildman–Crippen MR) is 79.8 cm³/mol. The van der Waals surface area contributed by atoms with E-state index >= 15 is 0 Å². The van der Waals surface area contributed by atoms with Crippen molar-refractivity contribution in [3.05, 3.63) is 54.1 Å². The third-order valence-corrected chi connectivity index (χ3v) is 3.62. The van der Waals surface area contributed by atoms with Crippen LogP contribution in [0.2, 0.25) is 0 Å². The number of aryl methyl sites for hydroxylation is 1. The third-order valence-electron chi connectivity index (χ3n) is 3.62. The van der Waals surface area contributed by atoms with E-state index in [4.69, 9.17) is 4.74 Å². The maximum Gasteiger partial charge on any atom is 0.244 e. The number of hydrogen-bond donors (Lipinski definition) is 1. The maximum absolute atomic E-state index is 12.0. The standard InChI is InChI=1S/C16H17N3O2/c1-21-13-5-2-12(3-6-13)4-7-16(20)18-14-8-9-19-11-17-10-15(14)19/h2-7,10-11,14H,8-9H2,1H3,(H,18,20)/b7-4+. The summed E-state index contributed by atoms with van der Waals surface area (Å²) in [4.78, 5) is 16.1. The van der Waals surface area contributed by atoms with E-state index in [2.05, 4.69) is 14.9 Å². The van der Waals surface area contributed by atoms with E-state index in [1.165, 1.54) is 0 Å². The van der Waals surface area contributed by atoms with Gasteiger partial charge in [-0.3, -0.25) is 4.79 Å². The molecule has 1 aliphatic rings. The van der Waals surface area contributed by atoms with Gasteiger partial charge in [0.05, 0.1) is 31.4 Å². The van der Waals surface area contributed by atoms with Gasteiger partial charge in [0, 0.05) is 12.6 Å². The number of aromatic nitrogens is 2. The summed E-state index contributed by atoms with van der Waals surface area (Å²) >= 11 is 0. The van der Waals surface area contributed by atoms with Gasteiger partial charge in [-0.25, -0.2) is 4.98 Å². The van der Waals surface area contributed by atoms with Crippen LogP contribution in [0.25, 0.3) is 6.08 Å². The van der Waals surface area contributed by atoms with Crippen LogP contribution in [-0.2, 0) is 11.3 Å². The highest BCUT2D eigenvalue weighted by molar-refractivity contribution is 5.92. The Balaban J connectivity index is 1.60. The average molecular weight is 283 g/mol. The highest BCUT2D eigenvalue weighted by Gasteiger charge is 2.23. The lowest BCUT2D eigenvalue weighted by Gasteiger charge is -2.09. The Kier molecular flexibility index (Phi) is 3.73. The molecule has 1 N–H and O–H groups in total. The van der Waals surface area contributed by atoms with Gasteiger partial charge in [-0.2, -0.15) is 0 Å². The first-order valence-electron chi connectivity index (χ1n) is 6.89. The quantitative estimate of drug-likeness (QED) is 0.875. The van der Waals surface area contributed by atoms with Crippen molar-refractivity contribution < 1.29 is 9.53 Å². The Hall–Kier alpha value is -2.56. The zero-order chi connectivity index (χ0) is 14.7. The molecule has 0 radical (unpaired) electrons. The lowest BCUT2D eigenvalue weighted by Crippen LogP contribution is -2.25. The van der Waals surface area contributed by atoms with Gasteiger partial charge in [-0.1, -0.05) is 12.1 Å². The lowest BCUT2D eigenvalue weighted by atomic mass is 10.2. The van der Waals surface area contributed by atoms with Crippen molar-refractivity contribution in [2.75, 3.05) is 7.11 Å². The highest BCUT2D eigenvalue weighted by atomic mass is 16.5. The number of rotatable bonds is 4. The summed E-state index contributed by atoms with van der Waals surface area (Å²) in [6, 6.07) is 7.61. The zero-order valence-corrected chi connectivity index (χ0v) is 11.8. The van der Waals surface area contributed by atoms with Gasteiger partial charge in [-0.15, -0.1) is 0 Å². The number of methoxy groups -OCH3 is 1. The molecule has 1 aromatic carbocycles. The van der Waals surface area contributed by atoms with E-state index in [0.717, 1.165) is 30.0 Å². The summed E-state index contributed by atoms with van der Waals surface area (Å²) in [6.45, 7) is 0.905. The zero-order valence-electron chi connectivity index (χ0n) is 11.8. The topological polar surface area (TPSA) is 56.1 Å². The minimum absolute atomic E-state index is 0.0560. The van der Waals surface area contributed by atoms with Gasteiger partial charge >= 0.3 is 0 Å². The second-order valence-electron chi connectivity index (χ2n) is 4.97. The number of carbonyl (C=O) groups is 1. The van der Waals surface area contributed by atoms with Gasteiger partial charge in [0.25, 0.3) is 0 Å². The maximum atomic E-state index is 12.0. The molecule has 0 saturated carbocycles. The number of ether oxygens (including phenoxy) is 1. The second-order valence-corrected chi connectivity index (χ2v) is 4.97. The Labute approximate surface area is 123 Å². The first kappa shape index (κ1) is 13.4. The molecule has 0 bridgehead atoms. The molecule has 2 heterocycles. The molecule has 1 unspecified atom stereocenters. The first-order chi connectivity index (χ1) is 10.3. The van der Waals surface area contributed by atoms with Gasteiger partial charge in [0.2, 0.25) is 5.91 Å². The number of hydrogen-bond acceptors (Lipinski definition) is 3. The van der Waals surface area contributed by atoms with Crippen LogP contribution >= 0.6 is 0 Å². The molecule has 1 amide bonds. The number of nitrogens with zero attached hydrogens (tertiary/aromatic N) is 2. The fraction of sp³-hybridized carbons (Fsp3) is 0.250. The average Bonchev–Trinajstić information content (AvgIpc) is 3.11. The van der Waals surface area contributed by atoms with Crippen molar-refractivity contribution in [1.29, 1.82) is 0 Å². The molecule has 2 aromatic rings. The predicted octanol–water partition coefficient (Wildman–Crippen LogP) is 2.17. The molecular weight excluding hydrogens is 266 g/mol. The number of benzene rings is 1. The van der Waals surface area contributed by atoms with E-state index in [-0.39, 0.29) is 11.9 Å². The van der Waals surface area contributed by atoms with Crippen LogP contribution in [0.5, 0.6) is 5.75 Å². The molecule has 1 aromatic heterocycles. The van der Waals surface area contributed by atoms with Gasteiger partial charge in [0.15, 0.2) is 0 Å². The first-order valence-corrected chi connectivity index (χ1v) is 6.89. The van der Waals surface area contributed by atoms with Gasteiger partial charge in [0.1, 0.15) is 5.75 Å². The molecular formula is C16H17N3O2. The van der Waals surface area contributed by atoms with Crippen LogP contribution in [0.4, 0.5) is 0 Å². The van der Waals surface area contributed by atoms with Crippen molar-refractivity contribution >= 4 is 12.0 Å². The van der Waals surface area contributed by atoms with Crippen molar-refractivity contribution in [1.82, 2.24) is 14.9 Å². The van der Waals surface area contributed by atoms with Crippen LogP contribution in [0.15, 0.2) is 42.9 Å². The summed E-state index contributed by atoms with van der Waals surface area (Å²) in [5.41, 5.74) is 2.03. The summed E-state index contributed by atoms with van der Waals surface area (Å²) in [7, 11) is 1.63. The van der Waals surface area contributed by atoms with E-state index < -0.39 is 0 Å². The molecule has 1 atom stereocenters. The molecule has 0 saturated heterocycles. The summed E-state index contributed by atoms with van der Waals surface area (Å²) < 4.78 is 7.17. The van der Waals surface area contributed by atoms with Crippen LogP contribution in [-0.4, -0.2) is 22.6 Å². The van der Waals surface area contributed by atoms with Crippen molar-refractivity contribution in [2.45, 2.75) is 19.0 Å². The number of fused-ring (bicyclic) bond motifs is 1. The summed E-state index contributed by atoms with van der Waals surface area (Å²) in [5, 5.41) is 3.00. The number of imidazole rings is 1. The highest BCUT2D eigenvalue weighted by Crippen LogP contribution is 2.24. The minimum atomic E-state index is -0.0922. The fourth-order valence-corrected chi connectivity index (χ4v) is 2.48. The van der Waals surface area contributed by atoms with Crippen LogP contribution in [0, 0.1) is 0 Å². The molecule has 0 aliphatic carbocycles. The second kappa shape index (κ2) is 5.83. The minimum Gasteiger partial charge on any atom is -0.497 e. The third kappa shape index (κ3) is 2.97.